The van der Waals surface area contributed by atoms with E-state index in [9.17, 15) is 9.59 Å². The molecule has 1 aromatic carbocycles. The number of nitrogens with zero attached hydrogens (tertiary/aromatic N) is 3. The number of amides is 1. The third kappa shape index (κ3) is 4.82. The number of hydrogen-bond acceptors (Lipinski definition) is 4. The average molecular weight is 305 g/mol. The number of para-hydroxylation sites is 1. The Bertz CT molecular complexity index is 499. The average Bonchev–Trinajstić information content (AvgIpc) is 2.54. The van der Waals surface area contributed by atoms with Crippen molar-refractivity contribution in [3.8, 4) is 0 Å². The van der Waals surface area contributed by atoms with Gasteiger partial charge in [0.15, 0.2) is 0 Å². The third-order valence-electron chi connectivity index (χ3n) is 3.98. The first-order valence-corrected chi connectivity index (χ1v) is 7.54. The molecule has 1 N–H and O–H groups in total. The highest BCUT2D eigenvalue weighted by atomic mass is 16.4. The van der Waals surface area contributed by atoms with Gasteiger partial charge in [0.25, 0.3) is 0 Å². The van der Waals surface area contributed by atoms with Crippen molar-refractivity contribution >= 4 is 17.6 Å². The van der Waals surface area contributed by atoms with Crippen molar-refractivity contribution in [3.05, 3.63) is 30.3 Å². The summed E-state index contributed by atoms with van der Waals surface area (Å²) in [5, 5.41) is 8.70. The minimum atomic E-state index is -0.762. The summed E-state index contributed by atoms with van der Waals surface area (Å²) in [7, 11) is 1.79. The molecule has 1 aliphatic rings. The molecule has 22 heavy (non-hydrogen) atoms. The smallest absolute Gasteiger partial charge is 0.304 e. The fraction of sp³-hybridized carbons (Fsp3) is 0.500. The number of hydrogen-bond donors (Lipinski definition) is 1. The maximum Gasteiger partial charge on any atom is 0.304 e. The summed E-state index contributed by atoms with van der Waals surface area (Å²) in [6.07, 6.45) is 0.176. The summed E-state index contributed by atoms with van der Waals surface area (Å²) in [5.74, 6) is -0.688. The number of benzene rings is 1. The Morgan fingerprint density at radius 3 is 2.27 bits per heavy atom. The van der Waals surface area contributed by atoms with Gasteiger partial charge in [-0.3, -0.25) is 14.5 Å². The second-order valence-electron chi connectivity index (χ2n) is 5.55. The predicted octanol–water partition coefficient (Wildman–Crippen LogP) is 0.742. The molecule has 6 heteroatoms. The van der Waals surface area contributed by atoms with Crippen LogP contribution in [-0.4, -0.2) is 73.1 Å². The van der Waals surface area contributed by atoms with Gasteiger partial charge in [0.1, 0.15) is 0 Å². The number of carbonyl (C=O) groups excluding carboxylic acids is 1. The van der Waals surface area contributed by atoms with E-state index in [1.54, 1.807) is 11.9 Å². The molecular weight excluding hydrogens is 282 g/mol. The molecule has 1 aromatic rings. The van der Waals surface area contributed by atoms with E-state index in [1.165, 1.54) is 0 Å². The van der Waals surface area contributed by atoms with Crippen molar-refractivity contribution in [2.24, 2.45) is 0 Å². The summed E-state index contributed by atoms with van der Waals surface area (Å²) < 4.78 is 0. The van der Waals surface area contributed by atoms with Crippen LogP contribution >= 0.6 is 0 Å². The molecule has 0 atom stereocenters. The van der Waals surface area contributed by atoms with Crippen LogP contribution in [0, 0.1) is 0 Å². The van der Waals surface area contributed by atoms with Gasteiger partial charge >= 0.3 is 5.97 Å². The molecule has 0 saturated carbocycles. The molecule has 1 amide bonds. The van der Waals surface area contributed by atoms with Crippen LogP contribution in [0.3, 0.4) is 0 Å². The Labute approximate surface area is 130 Å². The Hall–Kier alpha value is -1.92. The highest BCUT2D eigenvalue weighted by Crippen LogP contribution is 2.12. The standard InChI is InChI=1S/C16H23N3O3/c1-17(14-5-3-2-4-6-14)15(20)13-19-11-9-18(10-12-19)8-7-16(21)22/h2-6H,7-13H2,1H3,(H,21,22). The lowest BCUT2D eigenvalue weighted by Crippen LogP contribution is -2.50. The molecule has 1 fully saturated rings. The van der Waals surface area contributed by atoms with Crippen molar-refractivity contribution < 1.29 is 14.7 Å². The first-order chi connectivity index (χ1) is 10.6. The van der Waals surface area contributed by atoms with Crippen molar-refractivity contribution in [2.75, 3.05) is 51.2 Å². The van der Waals surface area contributed by atoms with Gasteiger partial charge in [-0.05, 0) is 12.1 Å². The van der Waals surface area contributed by atoms with Crippen LogP contribution in [0.4, 0.5) is 5.69 Å². The third-order valence-corrected chi connectivity index (χ3v) is 3.98. The van der Waals surface area contributed by atoms with Gasteiger partial charge in [0.2, 0.25) is 5.91 Å². The Balaban J connectivity index is 1.76. The minimum absolute atomic E-state index is 0.0742. The van der Waals surface area contributed by atoms with Gasteiger partial charge < -0.3 is 14.9 Å². The number of carboxylic acids is 1. The van der Waals surface area contributed by atoms with Crippen LogP contribution in [0.2, 0.25) is 0 Å². The van der Waals surface area contributed by atoms with Crippen LogP contribution in [0.1, 0.15) is 6.42 Å². The number of rotatable bonds is 6. The maximum atomic E-state index is 12.3. The van der Waals surface area contributed by atoms with Gasteiger partial charge in [-0.25, -0.2) is 0 Å². The maximum absolute atomic E-state index is 12.3. The molecule has 1 heterocycles. The summed E-state index contributed by atoms with van der Waals surface area (Å²) in [6.45, 7) is 4.21. The van der Waals surface area contributed by atoms with E-state index in [-0.39, 0.29) is 12.3 Å². The van der Waals surface area contributed by atoms with Gasteiger partial charge in [-0.15, -0.1) is 0 Å². The summed E-state index contributed by atoms with van der Waals surface area (Å²) in [4.78, 5) is 28.8. The molecular formula is C16H23N3O3. The first kappa shape index (κ1) is 16.5. The second-order valence-corrected chi connectivity index (χ2v) is 5.55. The summed E-state index contributed by atoms with van der Waals surface area (Å²) in [6, 6.07) is 9.60. The zero-order valence-electron chi connectivity index (χ0n) is 12.9. The fourth-order valence-corrected chi connectivity index (χ4v) is 2.52. The number of carbonyl (C=O) groups is 2. The fourth-order valence-electron chi connectivity index (χ4n) is 2.52. The number of likely N-dealkylation sites (N-methyl/N-ethyl adjacent to an activating group) is 1. The number of aliphatic carboxylic acids is 1. The molecule has 2 rings (SSSR count). The second kappa shape index (κ2) is 7.91. The lowest BCUT2D eigenvalue weighted by Gasteiger charge is -2.34. The van der Waals surface area contributed by atoms with Crippen LogP contribution in [-0.2, 0) is 9.59 Å². The Kier molecular flexibility index (Phi) is 5.91. The number of carboxylic acid groups (broad SMARTS) is 1. The van der Waals surface area contributed by atoms with Crippen LogP contribution in [0.25, 0.3) is 0 Å². The van der Waals surface area contributed by atoms with Crippen LogP contribution in [0.15, 0.2) is 30.3 Å². The normalized spacial score (nSPS) is 16.4. The van der Waals surface area contributed by atoms with E-state index in [1.807, 2.05) is 30.3 Å². The number of anilines is 1. The Morgan fingerprint density at radius 1 is 1.09 bits per heavy atom. The highest BCUT2D eigenvalue weighted by Gasteiger charge is 2.21. The van der Waals surface area contributed by atoms with E-state index in [2.05, 4.69) is 9.80 Å². The summed E-state index contributed by atoms with van der Waals surface area (Å²) in [5.41, 5.74) is 0.896. The van der Waals surface area contributed by atoms with E-state index in [4.69, 9.17) is 5.11 Å². The van der Waals surface area contributed by atoms with Crippen molar-refractivity contribution in [3.63, 3.8) is 0 Å². The van der Waals surface area contributed by atoms with E-state index >= 15 is 0 Å². The van der Waals surface area contributed by atoms with Crippen molar-refractivity contribution in [2.45, 2.75) is 6.42 Å². The lowest BCUT2D eigenvalue weighted by molar-refractivity contribution is -0.137. The summed E-state index contributed by atoms with van der Waals surface area (Å²) >= 11 is 0. The number of piperazine rings is 1. The van der Waals surface area contributed by atoms with Crippen LogP contribution < -0.4 is 4.90 Å². The molecule has 0 spiro atoms. The van der Waals surface area contributed by atoms with Crippen LogP contribution in [0.5, 0.6) is 0 Å². The lowest BCUT2D eigenvalue weighted by atomic mass is 10.2. The molecule has 0 radical (unpaired) electrons. The zero-order valence-corrected chi connectivity index (χ0v) is 12.9. The van der Waals surface area contributed by atoms with Gasteiger partial charge in [-0.2, -0.15) is 0 Å². The molecule has 0 unspecified atom stereocenters. The molecule has 0 aliphatic carbocycles. The van der Waals surface area contributed by atoms with E-state index in [0.717, 1.165) is 31.9 Å². The quantitative estimate of drug-likeness (QED) is 0.840. The van der Waals surface area contributed by atoms with Gasteiger partial charge in [-0.1, -0.05) is 18.2 Å². The van der Waals surface area contributed by atoms with E-state index < -0.39 is 5.97 Å². The van der Waals surface area contributed by atoms with Crippen molar-refractivity contribution in [1.29, 1.82) is 0 Å². The Morgan fingerprint density at radius 2 is 1.68 bits per heavy atom. The zero-order chi connectivity index (χ0) is 15.9. The first-order valence-electron chi connectivity index (χ1n) is 7.54. The molecule has 1 saturated heterocycles. The predicted molar refractivity (Wildman–Crippen MR) is 85.0 cm³/mol. The van der Waals surface area contributed by atoms with E-state index in [0.29, 0.717) is 13.1 Å². The molecule has 1 aliphatic heterocycles. The SMILES string of the molecule is CN(C(=O)CN1CCN(CCC(=O)O)CC1)c1ccccc1. The minimum Gasteiger partial charge on any atom is -0.481 e. The topological polar surface area (TPSA) is 64.1 Å². The van der Waals surface area contributed by atoms with Gasteiger partial charge in [0.05, 0.1) is 13.0 Å². The molecule has 6 nitrogen and oxygen atoms in total. The highest BCUT2D eigenvalue weighted by molar-refractivity contribution is 5.94. The molecule has 120 valence electrons. The monoisotopic (exact) mass is 305 g/mol. The van der Waals surface area contributed by atoms with Gasteiger partial charge in [0, 0.05) is 45.5 Å². The molecule has 0 bridgehead atoms. The van der Waals surface area contributed by atoms with Crippen molar-refractivity contribution in [1.82, 2.24) is 9.80 Å². The largest absolute Gasteiger partial charge is 0.481 e. The molecule has 0 aromatic heterocycles.